The number of nitriles is 1. The molecular formula is C11H20N6. The van der Waals surface area contributed by atoms with Gasteiger partial charge in [-0.15, -0.1) is 0 Å². The van der Waals surface area contributed by atoms with E-state index >= 15 is 0 Å². The van der Waals surface area contributed by atoms with Crippen LogP contribution in [-0.2, 0) is 0 Å². The third-order valence-electron chi connectivity index (χ3n) is 3.33. The van der Waals surface area contributed by atoms with Crippen LogP contribution in [0.15, 0.2) is 5.11 Å². The van der Waals surface area contributed by atoms with Crippen LogP contribution in [0.4, 0.5) is 0 Å². The van der Waals surface area contributed by atoms with Crippen molar-refractivity contribution >= 4 is 0 Å². The van der Waals surface area contributed by atoms with E-state index in [9.17, 15) is 5.26 Å². The summed E-state index contributed by atoms with van der Waals surface area (Å²) in [6, 6.07) is 2.41. The van der Waals surface area contributed by atoms with Crippen molar-refractivity contribution in [3.05, 3.63) is 10.4 Å². The first-order valence-corrected chi connectivity index (χ1v) is 6.16. The predicted octanol–water partition coefficient (Wildman–Crippen LogP) is 1.65. The maximum Gasteiger partial charge on any atom is 0.109 e. The molecule has 0 unspecified atom stereocenters. The fourth-order valence-corrected chi connectivity index (χ4v) is 2.10. The maximum absolute atomic E-state index is 9.29. The van der Waals surface area contributed by atoms with E-state index in [1.807, 2.05) is 0 Å². The number of nitrogens with one attached hydrogen (secondary N) is 1. The van der Waals surface area contributed by atoms with Gasteiger partial charge in [0.05, 0.1) is 6.07 Å². The summed E-state index contributed by atoms with van der Waals surface area (Å²) in [6.45, 7) is 6.39. The molecule has 1 saturated heterocycles. The van der Waals surface area contributed by atoms with Crippen LogP contribution < -0.4 is 5.32 Å². The van der Waals surface area contributed by atoms with Crippen LogP contribution in [0.25, 0.3) is 10.4 Å². The van der Waals surface area contributed by atoms with E-state index < -0.39 is 0 Å². The lowest BCUT2D eigenvalue weighted by Gasteiger charge is -2.37. The SMILES string of the molecule is CCN1CCC(C#N)(NCCCN=[N+]=[N-])CC1. The fraction of sp³-hybridized carbons (Fsp3) is 0.909. The molecule has 1 N–H and O–H groups in total. The monoisotopic (exact) mass is 236 g/mol. The highest BCUT2D eigenvalue weighted by Gasteiger charge is 2.33. The molecule has 0 saturated carbocycles. The second kappa shape index (κ2) is 7.13. The average molecular weight is 236 g/mol. The largest absolute Gasteiger partial charge is 0.303 e. The molecule has 1 fully saturated rings. The Labute approximate surface area is 102 Å². The van der Waals surface area contributed by atoms with Crippen molar-refractivity contribution in [2.45, 2.75) is 31.7 Å². The lowest BCUT2D eigenvalue weighted by Crippen LogP contribution is -2.52. The molecule has 0 aromatic carbocycles. The fourth-order valence-electron chi connectivity index (χ4n) is 2.10. The summed E-state index contributed by atoms with van der Waals surface area (Å²) in [5.41, 5.74) is 7.77. The molecule has 0 bridgehead atoms. The van der Waals surface area contributed by atoms with E-state index in [4.69, 9.17) is 5.53 Å². The highest BCUT2D eigenvalue weighted by molar-refractivity contribution is 5.09. The molecule has 0 atom stereocenters. The number of azide groups is 1. The van der Waals surface area contributed by atoms with Crippen molar-refractivity contribution in [1.82, 2.24) is 10.2 Å². The molecule has 6 heteroatoms. The highest BCUT2D eigenvalue weighted by Crippen LogP contribution is 2.21. The first-order valence-electron chi connectivity index (χ1n) is 6.16. The van der Waals surface area contributed by atoms with Crippen LogP contribution in [-0.4, -0.2) is 43.2 Å². The van der Waals surface area contributed by atoms with Gasteiger partial charge >= 0.3 is 0 Å². The number of piperidine rings is 1. The van der Waals surface area contributed by atoms with Gasteiger partial charge in [-0.25, -0.2) is 0 Å². The summed E-state index contributed by atoms with van der Waals surface area (Å²) in [5, 5.41) is 16.1. The van der Waals surface area contributed by atoms with Gasteiger partial charge in [-0.1, -0.05) is 12.0 Å². The van der Waals surface area contributed by atoms with Gasteiger partial charge in [-0.3, -0.25) is 5.32 Å². The van der Waals surface area contributed by atoms with E-state index in [2.05, 4.69) is 33.2 Å². The summed E-state index contributed by atoms with van der Waals surface area (Å²) in [5.74, 6) is 0. The Bertz CT molecular complexity index is 306. The van der Waals surface area contributed by atoms with Gasteiger partial charge in [-0.05, 0) is 37.9 Å². The van der Waals surface area contributed by atoms with Crippen molar-refractivity contribution in [1.29, 1.82) is 5.26 Å². The zero-order valence-corrected chi connectivity index (χ0v) is 10.4. The van der Waals surface area contributed by atoms with Crippen LogP contribution >= 0.6 is 0 Å². The first-order chi connectivity index (χ1) is 8.26. The minimum Gasteiger partial charge on any atom is -0.303 e. The number of rotatable bonds is 6. The van der Waals surface area contributed by atoms with E-state index in [0.29, 0.717) is 6.54 Å². The molecule has 0 radical (unpaired) electrons. The highest BCUT2D eigenvalue weighted by atomic mass is 15.2. The molecule has 0 aromatic heterocycles. The zero-order chi connectivity index (χ0) is 12.6. The standard InChI is InChI=1S/C11H20N6/c1-2-17-8-4-11(10-12,5-9-17)14-6-3-7-15-16-13/h14H,2-9H2,1H3. The maximum atomic E-state index is 9.29. The minimum absolute atomic E-state index is 0.373. The number of likely N-dealkylation sites (tertiary alicyclic amines) is 1. The van der Waals surface area contributed by atoms with Crippen molar-refractivity contribution in [2.75, 3.05) is 32.7 Å². The van der Waals surface area contributed by atoms with Crippen molar-refractivity contribution in [3.8, 4) is 6.07 Å². The Morgan fingerprint density at radius 1 is 1.53 bits per heavy atom. The minimum atomic E-state index is -0.373. The molecule has 1 aliphatic heterocycles. The van der Waals surface area contributed by atoms with E-state index in [1.54, 1.807) is 0 Å². The van der Waals surface area contributed by atoms with Gasteiger partial charge in [0.1, 0.15) is 5.54 Å². The number of nitrogens with zero attached hydrogens (tertiary/aromatic N) is 5. The first kappa shape index (κ1) is 13.8. The zero-order valence-electron chi connectivity index (χ0n) is 10.4. The Balaban J connectivity index is 2.33. The third-order valence-corrected chi connectivity index (χ3v) is 3.33. The summed E-state index contributed by atoms with van der Waals surface area (Å²) in [7, 11) is 0. The molecule has 1 rings (SSSR count). The predicted molar refractivity (Wildman–Crippen MR) is 66.3 cm³/mol. The number of hydrogen-bond acceptors (Lipinski definition) is 4. The molecule has 6 nitrogen and oxygen atoms in total. The Morgan fingerprint density at radius 3 is 2.76 bits per heavy atom. The van der Waals surface area contributed by atoms with E-state index in [0.717, 1.165) is 45.4 Å². The van der Waals surface area contributed by atoms with Crippen LogP contribution in [0.1, 0.15) is 26.2 Å². The molecular weight excluding hydrogens is 216 g/mol. The molecule has 94 valence electrons. The van der Waals surface area contributed by atoms with Gasteiger partial charge in [0.2, 0.25) is 0 Å². The van der Waals surface area contributed by atoms with Crippen LogP contribution in [0.3, 0.4) is 0 Å². The molecule has 0 aromatic rings. The molecule has 0 amide bonds. The van der Waals surface area contributed by atoms with Crippen LogP contribution in [0.5, 0.6) is 0 Å². The lowest BCUT2D eigenvalue weighted by atomic mass is 9.89. The summed E-state index contributed by atoms with van der Waals surface area (Å²) >= 11 is 0. The van der Waals surface area contributed by atoms with Crippen molar-refractivity contribution in [2.24, 2.45) is 5.11 Å². The summed E-state index contributed by atoms with van der Waals surface area (Å²) in [6.07, 6.45) is 2.53. The molecule has 1 aliphatic rings. The van der Waals surface area contributed by atoms with Gasteiger partial charge in [0.25, 0.3) is 0 Å². The molecule has 17 heavy (non-hydrogen) atoms. The Morgan fingerprint density at radius 2 is 2.24 bits per heavy atom. The third kappa shape index (κ3) is 4.23. The molecule has 0 aliphatic carbocycles. The lowest BCUT2D eigenvalue weighted by molar-refractivity contribution is 0.173. The van der Waals surface area contributed by atoms with E-state index in [-0.39, 0.29) is 5.54 Å². The van der Waals surface area contributed by atoms with Gasteiger partial charge in [0.15, 0.2) is 0 Å². The van der Waals surface area contributed by atoms with Crippen LogP contribution in [0.2, 0.25) is 0 Å². The Kier molecular flexibility index (Phi) is 5.78. The van der Waals surface area contributed by atoms with Crippen molar-refractivity contribution < 1.29 is 0 Å². The second-order valence-electron chi connectivity index (χ2n) is 4.36. The quantitative estimate of drug-likeness (QED) is 0.329. The summed E-state index contributed by atoms with van der Waals surface area (Å²) in [4.78, 5) is 5.06. The van der Waals surface area contributed by atoms with Gasteiger partial charge in [-0.2, -0.15) is 5.26 Å². The average Bonchev–Trinajstić information content (AvgIpc) is 2.39. The smallest absolute Gasteiger partial charge is 0.109 e. The van der Waals surface area contributed by atoms with Crippen LogP contribution in [0, 0.1) is 11.3 Å². The van der Waals surface area contributed by atoms with Crippen molar-refractivity contribution in [3.63, 3.8) is 0 Å². The topological polar surface area (TPSA) is 87.8 Å². The normalized spacial score (nSPS) is 19.3. The van der Waals surface area contributed by atoms with Gasteiger partial charge < -0.3 is 4.90 Å². The number of hydrogen-bond donors (Lipinski definition) is 1. The Hall–Kier alpha value is -1.28. The van der Waals surface area contributed by atoms with Gasteiger partial charge in [0, 0.05) is 24.5 Å². The molecule has 0 spiro atoms. The van der Waals surface area contributed by atoms with E-state index in [1.165, 1.54) is 0 Å². The summed E-state index contributed by atoms with van der Waals surface area (Å²) < 4.78 is 0. The second-order valence-corrected chi connectivity index (χ2v) is 4.36. The molecule has 1 heterocycles.